The Balaban J connectivity index is 1.70. The summed E-state index contributed by atoms with van der Waals surface area (Å²) in [6.45, 7) is 7.34. The molecule has 4 rings (SSSR count). The third-order valence-corrected chi connectivity index (χ3v) is 5.69. The minimum atomic E-state index is -0.313. The van der Waals surface area contributed by atoms with Gasteiger partial charge in [-0.1, -0.05) is 30.3 Å². The number of carbonyl (C=O) groups is 2. The predicted molar refractivity (Wildman–Crippen MR) is 123 cm³/mol. The molecule has 2 heterocycles. The van der Waals surface area contributed by atoms with E-state index in [0.29, 0.717) is 42.2 Å². The van der Waals surface area contributed by atoms with E-state index in [4.69, 9.17) is 4.74 Å². The van der Waals surface area contributed by atoms with E-state index in [2.05, 4.69) is 4.90 Å². The summed E-state index contributed by atoms with van der Waals surface area (Å²) in [5.74, 6) is 0.112. The van der Waals surface area contributed by atoms with Crippen LogP contribution in [0.25, 0.3) is 5.57 Å². The fraction of sp³-hybridized carbons (Fsp3) is 0.360. The molecule has 7 heteroatoms. The zero-order valence-corrected chi connectivity index (χ0v) is 18.5. The van der Waals surface area contributed by atoms with Gasteiger partial charge in [-0.25, -0.2) is 4.90 Å². The van der Waals surface area contributed by atoms with Crippen LogP contribution in [-0.4, -0.2) is 72.2 Å². The summed E-state index contributed by atoms with van der Waals surface area (Å²) in [6, 6.07) is 16.4. The Hall–Kier alpha value is -3.16. The molecule has 2 aliphatic rings. The van der Waals surface area contributed by atoms with Gasteiger partial charge in [0, 0.05) is 32.7 Å². The van der Waals surface area contributed by atoms with Crippen molar-refractivity contribution in [3.8, 4) is 5.75 Å². The van der Waals surface area contributed by atoms with Crippen LogP contribution in [0.15, 0.2) is 60.3 Å². The first kappa shape index (κ1) is 22.0. The van der Waals surface area contributed by atoms with E-state index in [9.17, 15) is 14.7 Å². The smallest absolute Gasteiger partial charge is 0.282 e. The SMILES string of the molecule is CC(C)Oc1ccc(C2=C(N3CCN(CCO)CC3)C(=O)N(c3ccccc3)C2=O)cc1. The fourth-order valence-electron chi connectivity index (χ4n) is 4.19. The lowest BCUT2D eigenvalue weighted by molar-refractivity contribution is -0.120. The van der Waals surface area contributed by atoms with E-state index in [1.54, 1.807) is 12.1 Å². The summed E-state index contributed by atoms with van der Waals surface area (Å²) >= 11 is 0. The Kier molecular flexibility index (Phi) is 6.58. The number of aliphatic hydroxyl groups is 1. The van der Waals surface area contributed by atoms with Crippen LogP contribution < -0.4 is 9.64 Å². The summed E-state index contributed by atoms with van der Waals surface area (Å²) in [7, 11) is 0. The molecule has 0 radical (unpaired) electrons. The monoisotopic (exact) mass is 435 g/mol. The first-order valence-corrected chi connectivity index (χ1v) is 11.0. The van der Waals surface area contributed by atoms with Crippen molar-refractivity contribution >= 4 is 23.1 Å². The van der Waals surface area contributed by atoms with Crippen molar-refractivity contribution in [2.75, 3.05) is 44.2 Å². The number of hydrogen-bond donors (Lipinski definition) is 1. The fourth-order valence-corrected chi connectivity index (χ4v) is 4.19. The topological polar surface area (TPSA) is 73.3 Å². The van der Waals surface area contributed by atoms with E-state index in [0.717, 1.165) is 18.8 Å². The number of nitrogens with zero attached hydrogens (tertiary/aromatic N) is 3. The van der Waals surface area contributed by atoms with Crippen molar-refractivity contribution < 1.29 is 19.4 Å². The van der Waals surface area contributed by atoms with Crippen molar-refractivity contribution in [1.82, 2.24) is 9.80 Å². The van der Waals surface area contributed by atoms with Crippen molar-refractivity contribution in [3.63, 3.8) is 0 Å². The van der Waals surface area contributed by atoms with Gasteiger partial charge in [-0.2, -0.15) is 0 Å². The lowest BCUT2D eigenvalue weighted by Gasteiger charge is -2.36. The van der Waals surface area contributed by atoms with Crippen LogP contribution in [0.1, 0.15) is 19.4 Å². The quantitative estimate of drug-likeness (QED) is 0.674. The number of anilines is 1. The van der Waals surface area contributed by atoms with Crippen LogP contribution in [0.4, 0.5) is 5.69 Å². The van der Waals surface area contributed by atoms with Gasteiger partial charge < -0.3 is 14.7 Å². The van der Waals surface area contributed by atoms with Crippen molar-refractivity contribution in [2.45, 2.75) is 20.0 Å². The third kappa shape index (κ3) is 4.40. The largest absolute Gasteiger partial charge is 0.491 e. The molecule has 32 heavy (non-hydrogen) atoms. The lowest BCUT2D eigenvalue weighted by atomic mass is 10.0. The predicted octanol–water partition coefficient (Wildman–Crippen LogP) is 2.37. The van der Waals surface area contributed by atoms with Gasteiger partial charge in [0.2, 0.25) is 0 Å². The van der Waals surface area contributed by atoms with Gasteiger partial charge in [0.25, 0.3) is 11.8 Å². The average molecular weight is 436 g/mol. The molecule has 7 nitrogen and oxygen atoms in total. The van der Waals surface area contributed by atoms with Gasteiger partial charge >= 0.3 is 0 Å². The molecule has 1 saturated heterocycles. The highest BCUT2D eigenvalue weighted by molar-refractivity contribution is 6.45. The number of carbonyl (C=O) groups excluding carboxylic acids is 2. The molecular weight excluding hydrogens is 406 g/mol. The molecule has 168 valence electrons. The molecular formula is C25H29N3O4. The summed E-state index contributed by atoms with van der Waals surface area (Å²) in [5, 5.41) is 9.22. The van der Waals surface area contributed by atoms with E-state index < -0.39 is 0 Å². The Labute approximate surface area is 188 Å². The number of β-amino-alcohol motifs (C(OH)–C–C–N with tert-alkyl or cyclic N) is 1. The van der Waals surface area contributed by atoms with E-state index >= 15 is 0 Å². The van der Waals surface area contributed by atoms with Crippen molar-refractivity contribution in [2.24, 2.45) is 0 Å². The van der Waals surface area contributed by atoms with E-state index in [-0.39, 0.29) is 24.5 Å². The molecule has 0 aliphatic carbocycles. The zero-order valence-electron chi connectivity index (χ0n) is 18.5. The van der Waals surface area contributed by atoms with Gasteiger partial charge in [0.1, 0.15) is 11.4 Å². The number of piperazine rings is 1. The number of benzene rings is 2. The van der Waals surface area contributed by atoms with Crippen LogP contribution >= 0.6 is 0 Å². The number of amides is 2. The number of hydrogen-bond acceptors (Lipinski definition) is 6. The molecule has 2 aliphatic heterocycles. The highest BCUT2D eigenvalue weighted by Gasteiger charge is 2.43. The summed E-state index contributed by atoms with van der Waals surface area (Å²) in [4.78, 5) is 32.5. The highest BCUT2D eigenvalue weighted by atomic mass is 16.5. The first-order chi connectivity index (χ1) is 15.5. The molecule has 0 aromatic heterocycles. The van der Waals surface area contributed by atoms with Gasteiger partial charge in [-0.15, -0.1) is 0 Å². The van der Waals surface area contributed by atoms with Crippen LogP contribution in [0.3, 0.4) is 0 Å². The molecule has 1 fully saturated rings. The maximum atomic E-state index is 13.5. The second-order valence-corrected chi connectivity index (χ2v) is 8.25. The van der Waals surface area contributed by atoms with Crippen molar-refractivity contribution in [3.05, 3.63) is 65.9 Å². The molecule has 2 amide bonds. The van der Waals surface area contributed by atoms with Crippen LogP contribution in [0.2, 0.25) is 0 Å². The molecule has 0 atom stereocenters. The Bertz CT molecular complexity index is 994. The van der Waals surface area contributed by atoms with Gasteiger partial charge in [-0.3, -0.25) is 14.5 Å². The Morgan fingerprint density at radius 3 is 2.16 bits per heavy atom. The van der Waals surface area contributed by atoms with Crippen molar-refractivity contribution in [1.29, 1.82) is 0 Å². The Morgan fingerprint density at radius 1 is 0.906 bits per heavy atom. The van der Waals surface area contributed by atoms with Gasteiger partial charge in [0.05, 0.1) is 24.0 Å². The summed E-state index contributed by atoms with van der Waals surface area (Å²) < 4.78 is 5.73. The standard InChI is InChI=1S/C25H29N3O4/c1-18(2)32-21-10-8-19(9-11-21)22-23(27-14-12-26(13-15-27)16-17-29)25(31)28(24(22)30)20-6-4-3-5-7-20/h3-11,18,29H,12-17H2,1-2H3. The number of ether oxygens (including phenoxy) is 1. The molecule has 1 N–H and O–H groups in total. The van der Waals surface area contributed by atoms with Gasteiger partial charge in [0.15, 0.2) is 0 Å². The second-order valence-electron chi connectivity index (χ2n) is 8.25. The molecule has 0 bridgehead atoms. The zero-order chi connectivity index (χ0) is 22.7. The number of imide groups is 1. The average Bonchev–Trinajstić information content (AvgIpc) is 3.05. The van der Waals surface area contributed by atoms with Crippen LogP contribution in [0.5, 0.6) is 5.75 Å². The van der Waals surface area contributed by atoms with E-state index in [1.165, 1.54) is 4.90 Å². The molecule has 0 spiro atoms. The molecule has 0 unspecified atom stereocenters. The maximum Gasteiger partial charge on any atom is 0.282 e. The molecule has 0 saturated carbocycles. The minimum Gasteiger partial charge on any atom is -0.491 e. The summed E-state index contributed by atoms with van der Waals surface area (Å²) in [6.07, 6.45) is 0.0501. The van der Waals surface area contributed by atoms with Crippen LogP contribution in [0, 0.1) is 0 Å². The molecule has 2 aromatic rings. The third-order valence-electron chi connectivity index (χ3n) is 5.69. The normalized spacial score (nSPS) is 17.6. The first-order valence-electron chi connectivity index (χ1n) is 11.0. The van der Waals surface area contributed by atoms with Crippen LogP contribution in [-0.2, 0) is 9.59 Å². The minimum absolute atomic E-state index is 0.0501. The molecule has 2 aromatic carbocycles. The highest BCUT2D eigenvalue weighted by Crippen LogP contribution is 2.35. The Morgan fingerprint density at radius 2 is 1.56 bits per heavy atom. The van der Waals surface area contributed by atoms with Gasteiger partial charge in [-0.05, 0) is 43.7 Å². The summed E-state index contributed by atoms with van der Waals surface area (Å²) in [5.41, 5.74) is 2.13. The number of rotatable bonds is 7. The maximum absolute atomic E-state index is 13.5. The van der Waals surface area contributed by atoms with E-state index in [1.807, 2.05) is 61.2 Å². The number of aliphatic hydroxyl groups excluding tert-OH is 1. The lowest BCUT2D eigenvalue weighted by Crippen LogP contribution is -2.48. The second kappa shape index (κ2) is 9.54. The number of para-hydroxylation sites is 1.